The number of aryl methyl sites for hydroxylation is 1. The summed E-state index contributed by atoms with van der Waals surface area (Å²) >= 11 is 6.29. The molecule has 2 N–H and O–H groups in total. The van der Waals surface area contributed by atoms with Gasteiger partial charge in [0.05, 0.1) is 16.1 Å². The van der Waals surface area contributed by atoms with Crippen molar-refractivity contribution in [2.45, 2.75) is 13.5 Å². The molecule has 3 aromatic rings. The van der Waals surface area contributed by atoms with Crippen LogP contribution in [0, 0.1) is 0 Å². The third kappa shape index (κ3) is 1.87. The zero-order chi connectivity index (χ0) is 13.4. The topological polar surface area (TPSA) is 43.8 Å². The largest absolute Gasteiger partial charge is 0.398 e. The summed E-state index contributed by atoms with van der Waals surface area (Å²) in [5.41, 5.74) is 9.58. The minimum atomic E-state index is 0.715. The zero-order valence-electron chi connectivity index (χ0n) is 10.6. The summed E-state index contributed by atoms with van der Waals surface area (Å²) in [6, 6.07) is 13.5. The van der Waals surface area contributed by atoms with Crippen LogP contribution in [0.3, 0.4) is 0 Å². The molecule has 0 amide bonds. The molecule has 0 radical (unpaired) electrons. The molecule has 0 aliphatic rings. The monoisotopic (exact) mass is 271 g/mol. The number of hydrogen-bond donors (Lipinski definition) is 1. The van der Waals surface area contributed by atoms with Crippen molar-refractivity contribution in [1.29, 1.82) is 0 Å². The van der Waals surface area contributed by atoms with Crippen LogP contribution in [0.4, 0.5) is 5.69 Å². The molecule has 0 fully saturated rings. The van der Waals surface area contributed by atoms with Gasteiger partial charge in [0.25, 0.3) is 0 Å². The van der Waals surface area contributed by atoms with Crippen LogP contribution in [-0.2, 0) is 6.54 Å². The summed E-state index contributed by atoms with van der Waals surface area (Å²) in [4.78, 5) is 4.67. The predicted molar refractivity (Wildman–Crippen MR) is 80.3 cm³/mol. The van der Waals surface area contributed by atoms with Gasteiger partial charge >= 0.3 is 0 Å². The molecule has 0 atom stereocenters. The molecule has 0 aliphatic heterocycles. The molecule has 3 nitrogen and oxygen atoms in total. The number of nitrogens with two attached hydrogens (primary N) is 1. The molecular weight excluding hydrogens is 258 g/mol. The second-order valence-corrected chi connectivity index (χ2v) is 4.78. The van der Waals surface area contributed by atoms with E-state index in [2.05, 4.69) is 16.5 Å². The highest BCUT2D eigenvalue weighted by molar-refractivity contribution is 6.35. The lowest BCUT2D eigenvalue weighted by Crippen LogP contribution is -2.00. The Hall–Kier alpha value is -2.00. The highest BCUT2D eigenvalue weighted by Gasteiger charge is 2.15. The molecule has 0 unspecified atom stereocenters. The van der Waals surface area contributed by atoms with E-state index in [1.54, 1.807) is 0 Å². The predicted octanol–water partition coefficient (Wildman–Crippen LogP) is 3.96. The van der Waals surface area contributed by atoms with Crippen LogP contribution in [-0.4, -0.2) is 9.55 Å². The summed E-state index contributed by atoms with van der Waals surface area (Å²) in [6.07, 6.45) is 0. The van der Waals surface area contributed by atoms with Gasteiger partial charge in [-0.25, -0.2) is 4.98 Å². The number of nitrogens with zero attached hydrogens (tertiary/aromatic N) is 2. The van der Waals surface area contributed by atoms with E-state index < -0.39 is 0 Å². The Kier molecular flexibility index (Phi) is 2.91. The van der Waals surface area contributed by atoms with Crippen LogP contribution >= 0.6 is 11.6 Å². The lowest BCUT2D eigenvalue weighted by Gasteiger charge is -2.08. The third-order valence-corrected chi connectivity index (χ3v) is 3.54. The van der Waals surface area contributed by atoms with Crippen LogP contribution in [0.15, 0.2) is 42.5 Å². The molecule has 19 heavy (non-hydrogen) atoms. The van der Waals surface area contributed by atoms with Crippen molar-refractivity contribution in [3.63, 3.8) is 0 Å². The number of nitrogen functional groups attached to an aromatic ring is 1. The van der Waals surface area contributed by atoms with Crippen molar-refractivity contribution in [3.05, 3.63) is 47.5 Å². The van der Waals surface area contributed by atoms with E-state index in [-0.39, 0.29) is 0 Å². The molecule has 0 saturated heterocycles. The first-order valence-corrected chi connectivity index (χ1v) is 6.59. The lowest BCUT2D eigenvalue weighted by atomic mass is 10.1. The summed E-state index contributed by atoms with van der Waals surface area (Å²) in [6.45, 7) is 2.87. The SMILES string of the molecule is CCn1c(-c2ccccc2N)nc2cccc(Cl)c21. The molecule has 1 aromatic heterocycles. The Bertz CT molecular complexity index is 746. The number of rotatable bonds is 2. The Morgan fingerprint density at radius 1 is 1.16 bits per heavy atom. The smallest absolute Gasteiger partial charge is 0.143 e. The summed E-state index contributed by atoms with van der Waals surface area (Å²) in [5, 5.41) is 0.715. The molecule has 1 heterocycles. The first-order valence-electron chi connectivity index (χ1n) is 6.22. The highest BCUT2D eigenvalue weighted by Crippen LogP contribution is 2.31. The van der Waals surface area contributed by atoms with Crippen LogP contribution in [0.25, 0.3) is 22.4 Å². The van der Waals surface area contributed by atoms with Gasteiger partial charge in [-0.05, 0) is 31.2 Å². The zero-order valence-corrected chi connectivity index (χ0v) is 11.4. The number of para-hydroxylation sites is 2. The van der Waals surface area contributed by atoms with Crippen LogP contribution < -0.4 is 5.73 Å². The Morgan fingerprint density at radius 2 is 1.95 bits per heavy atom. The van der Waals surface area contributed by atoms with Crippen molar-refractivity contribution in [1.82, 2.24) is 9.55 Å². The van der Waals surface area contributed by atoms with E-state index >= 15 is 0 Å². The Morgan fingerprint density at radius 3 is 2.68 bits per heavy atom. The van der Waals surface area contributed by atoms with Crippen molar-refractivity contribution < 1.29 is 0 Å². The first kappa shape index (κ1) is 12.1. The van der Waals surface area contributed by atoms with Gasteiger partial charge in [0, 0.05) is 17.8 Å². The molecule has 3 rings (SSSR count). The first-order chi connectivity index (χ1) is 9.22. The van der Waals surface area contributed by atoms with Crippen LogP contribution in [0.2, 0.25) is 5.02 Å². The van der Waals surface area contributed by atoms with E-state index in [1.165, 1.54) is 0 Å². The van der Waals surface area contributed by atoms with E-state index in [0.29, 0.717) is 5.02 Å². The number of benzene rings is 2. The summed E-state index contributed by atoms with van der Waals surface area (Å²) < 4.78 is 2.10. The van der Waals surface area contributed by atoms with E-state index in [0.717, 1.165) is 34.7 Å². The van der Waals surface area contributed by atoms with Gasteiger partial charge < -0.3 is 10.3 Å². The number of aromatic nitrogens is 2. The van der Waals surface area contributed by atoms with Gasteiger partial charge in [-0.3, -0.25) is 0 Å². The minimum Gasteiger partial charge on any atom is -0.398 e. The van der Waals surface area contributed by atoms with Crippen molar-refractivity contribution >= 4 is 28.3 Å². The van der Waals surface area contributed by atoms with Gasteiger partial charge in [0.1, 0.15) is 5.82 Å². The Labute approximate surface area is 116 Å². The molecule has 4 heteroatoms. The van der Waals surface area contributed by atoms with Gasteiger partial charge in [0.15, 0.2) is 0 Å². The number of hydrogen-bond acceptors (Lipinski definition) is 2. The fourth-order valence-electron chi connectivity index (χ4n) is 2.36. The Balaban J connectivity index is 2.36. The number of halogens is 1. The molecule has 0 saturated carbocycles. The quantitative estimate of drug-likeness (QED) is 0.717. The minimum absolute atomic E-state index is 0.715. The fraction of sp³-hybridized carbons (Fsp3) is 0.133. The van der Waals surface area contributed by atoms with Crippen molar-refractivity contribution in [2.24, 2.45) is 0 Å². The average molecular weight is 272 g/mol. The lowest BCUT2D eigenvalue weighted by molar-refractivity contribution is 0.797. The average Bonchev–Trinajstić information content (AvgIpc) is 2.79. The maximum atomic E-state index is 6.29. The molecule has 0 spiro atoms. The number of imidazole rings is 1. The molecule has 0 bridgehead atoms. The maximum Gasteiger partial charge on any atom is 0.143 e. The number of fused-ring (bicyclic) bond motifs is 1. The van der Waals surface area contributed by atoms with Gasteiger partial charge in [-0.1, -0.05) is 29.8 Å². The third-order valence-electron chi connectivity index (χ3n) is 3.24. The molecule has 96 valence electrons. The van der Waals surface area contributed by atoms with Crippen LogP contribution in [0.1, 0.15) is 6.92 Å². The van der Waals surface area contributed by atoms with Crippen molar-refractivity contribution in [3.8, 4) is 11.4 Å². The van der Waals surface area contributed by atoms with Gasteiger partial charge in [-0.2, -0.15) is 0 Å². The summed E-state index contributed by atoms with van der Waals surface area (Å²) in [5.74, 6) is 0.865. The molecular formula is C15H14ClN3. The molecule has 2 aromatic carbocycles. The summed E-state index contributed by atoms with van der Waals surface area (Å²) in [7, 11) is 0. The molecule has 0 aliphatic carbocycles. The van der Waals surface area contributed by atoms with Crippen LogP contribution in [0.5, 0.6) is 0 Å². The van der Waals surface area contributed by atoms with Gasteiger partial charge in [0.2, 0.25) is 0 Å². The highest BCUT2D eigenvalue weighted by atomic mass is 35.5. The van der Waals surface area contributed by atoms with E-state index in [4.69, 9.17) is 17.3 Å². The van der Waals surface area contributed by atoms with Gasteiger partial charge in [-0.15, -0.1) is 0 Å². The van der Waals surface area contributed by atoms with E-state index in [9.17, 15) is 0 Å². The van der Waals surface area contributed by atoms with E-state index in [1.807, 2.05) is 42.5 Å². The normalized spacial score (nSPS) is 11.1. The van der Waals surface area contributed by atoms with Crippen molar-refractivity contribution in [2.75, 3.05) is 5.73 Å². The maximum absolute atomic E-state index is 6.29. The number of anilines is 1. The standard InChI is InChI=1S/C15H14ClN3/c1-2-19-14-11(16)7-5-9-13(14)18-15(19)10-6-3-4-8-12(10)17/h3-9H,2,17H2,1H3. The fourth-order valence-corrected chi connectivity index (χ4v) is 2.63. The second kappa shape index (κ2) is 4.59. The second-order valence-electron chi connectivity index (χ2n) is 4.37.